The van der Waals surface area contributed by atoms with Crippen LogP contribution in [0.25, 0.3) is 0 Å². The van der Waals surface area contributed by atoms with Gasteiger partial charge < -0.3 is 5.11 Å². The maximum absolute atomic E-state index is 13.6. The lowest BCUT2D eigenvalue weighted by Gasteiger charge is -2.24. The third-order valence-corrected chi connectivity index (χ3v) is 3.87. The molecule has 1 fully saturated rings. The lowest BCUT2D eigenvalue weighted by atomic mass is 9.79. The van der Waals surface area contributed by atoms with Gasteiger partial charge in [-0.3, -0.25) is 4.79 Å². The van der Waals surface area contributed by atoms with Crippen LogP contribution in [0.2, 0.25) is 0 Å². The van der Waals surface area contributed by atoms with Crippen molar-refractivity contribution in [1.29, 1.82) is 0 Å². The van der Waals surface area contributed by atoms with E-state index in [1.807, 2.05) is 6.92 Å². The monoisotopic (exact) mass is 254 g/mol. The van der Waals surface area contributed by atoms with Gasteiger partial charge in [0.2, 0.25) is 0 Å². The smallest absolute Gasteiger partial charge is 0.309 e. The molecule has 0 radical (unpaired) electrons. The van der Waals surface area contributed by atoms with Crippen molar-refractivity contribution in [2.45, 2.75) is 32.6 Å². The lowest BCUT2D eigenvalue weighted by molar-refractivity contribution is -0.148. The summed E-state index contributed by atoms with van der Waals surface area (Å²) >= 11 is 0. The summed E-state index contributed by atoms with van der Waals surface area (Å²) in [5.74, 6) is -2.43. The van der Waals surface area contributed by atoms with E-state index in [0.29, 0.717) is 18.8 Å². The molecule has 4 heteroatoms. The lowest BCUT2D eigenvalue weighted by Crippen LogP contribution is -2.31. The van der Waals surface area contributed by atoms with Gasteiger partial charge in [0.05, 0.1) is 5.41 Å². The summed E-state index contributed by atoms with van der Waals surface area (Å²) in [6.45, 7) is 1.99. The van der Waals surface area contributed by atoms with Crippen LogP contribution in [0.1, 0.15) is 31.7 Å². The molecule has 0 aliphatic heterocycles. The van der Waals surface area contributed by atoms with Crippen molar-refractivity contribution in [2.24, 2.45) is 11.3 Å². The largest absolute Gasteiger partial charge is 0.481 e. The standard InChI is InChI=1S/C14H16F2O2/c1-9-5-6-14(7-9,13(17)18)8-10-3-2-4-11(15)12(10)16/h2-4,9H,5-8H2,1H3,(H,17,18). The summed E-state index contributed by atoms with van der Waals surface area (Å²) in [4.78, 5) is 11.5. The maximum atomic E-state index is 13.6. The fraction of sp³-hybridized carbons (Fsp3) is 0.500. The third kappa shape index (κ3) is 2.24. The van der Waals surface area contributed by atoms with E-state index in [9.17, 15) is 18.7 Å². The Balaban J connectivity index is 2.30. The number of carboxylic acids is 1. The highest BCUT2D eigenvalue weighted by Gasteiger charge is 2.44. The Bertz CT molecular complexity index is 473. The second-order valence-corrected chi connectivity index (χ2v) is 5.32. The van der Waals surface area contributed by atoms with Gasteiger partial charge in [0.1, 0.15) is 0 Å². The molecule has 0 saturated heterocycles. The van der Waals surface area contributed by atoms with Gasteiger partial charge in [-0.1, -0.05) is 19.1 Å². The number of carboxylic acid groups (broad SMARTS) is 1. The minimum atomic E-state index is -0.936. The van der Waals surface area contributed by atoms with Crippen LogP contribution in [0, 0.1) is 23.0 Å². The fourth-order valence-corrected chi connectivity index (χ4v) is 2.87. The predicted molar refractivity (Wildman–Crippen MR) is 63.1 cm³/mol. The summed E-state index contributed by atoms with van der Waals surface area (Å²) in [5.41, 5.74) is -0.778. The van der Waals surface area contributed by atoms with Gasteiger partial charge >= 0.3 is 5.97 Å². The molecule has 0 bridgehead atoms. The Morgan fingerprint density at radius 3 is 2.78 bits per heavy atom. The Labute approximate surface area is 105 Å². The van der Waals surface area contributed by atoms with E-state index in [2.05, 4.69) is 0 Å². The average molecular weight is 254 g/mol. The van der Waals surface area contributed by atoms with Crippen LogP contribution in [0.5, 0.6) is 0 Å². The fourth-order valence-electron chi connectivity index (χ4n) is 2.87. The molecule has 18 heavy (non-hydrogen) atoms. The molecule has 1 N–H and O–H groups in total. The van der Waals surface area contributed by atoms with E-state index in [4.69, 9.17) is 0 Å². The molecule has 0 amide bonds. The number of carbonyl (C=O) groups is 1. The molecule has 0 heterocycles. The number of halogens is 2. The van der Waals surface area contributed by atoms with Crippen LogP contribution in [0.4, 0.5) is 8.78 Å². The van der Waals surface area contributed by atoms with Crippen molar-refractivity contribution in [3.63, 3.8) is 0 Å². The van der Waals surface area contributed by atoms with Gasteiger partial charge in [0.15, 0.2) is 11.6 Å². The Morgan fingerprint density at radius 1 is 1.50 bits per heavy atom. The number of aliphatic carboxylic acids is 1. The first kappa shape index (κ1) is 13.0. The summed E-state index contributed by atoms with van der Waals surface area (Å²) in [5, 5.41) is 9.39. The second kappa shape index (κ2) is 4.67. The number of hydrogen-bond donors (Lipinski definition) is 1. The summed E-state index contributed by atoms with van der Waals surface area (Å²) in [7, 11) is 0. The molecule has 2 unspecified atom stereocenters. The van der Waals surface area contributed by atoms with Crippen molar-refractivity contribution in [3.05, 3.63) is 35.4 Å². The number of rotatable bonds is 3. The molecule has 1 aliphatic rings. The van der Waals surface area contributed by atoms with Crippen LogP contribution in [-0.2, 0) is 11.2 Å². The minimum Gasteiger partial charge on any atom is -0.481 e. The molecule has 2 rings (SSSR count). The van der Waals surface area contributed by atoms with Gasteiger partial charge in [-0.15, -0.1) is 0 Å². The summed E-state index contributed by atoms with van der Waals surface area (Å²) < 4.78 is 26.8. The Morgan fingerprint density at radius 2 is 2.22 bits per heavy atom. The molecule has 0 aromatic heterocycles. The molecule has 1 aliphatic carbocycles. The Kier molecular flexibility index (Phi) is 3.37. The second-order valence-electron chi connectivity index (χ2n) is 5.32. The first-order valence-corrected chi connectivity index (χ1v) is 6.11. The van der Waals surface area contributed by atoms with E-state index in [1.54, 1.807) is 0 Å². The van der Waals surface area contributed by atoms with E-state index in [0.717, 1.165) is 12.5 Å². The zero-order valence-corrected chi connectivity index (χ0v) is 10.2. The highest BCUT2D eigenvalue weighted by Crippen LogP contribution is 2.44. The number of benzene rings is 1. The van der Waals surface area contributed by atoms with E-state index < -0.39 is 23.0 Å². The van der Waals surface area contributed by atoms with Crippen LogP contribution in [0.15, 0.2) is 18.2 Å². The molecule has 98 valence electrons. The molecule has 1 saturated carbocycles. The van der Waals surface area contributed by atoms with Crippen molar-refractivity contribution in [1.82, 2.24) is 0 Å². The van der Waals surface area contributed by atoms with Gasteiger partial charge in [-0.2, -0.15) is 0 Å². The normalized spacial score (nSPS) is 27.4. The first-order chi connectivity index (χ1) is 8.44. The van der Waals surface area contributed by atoms with Crippen LogP contribution in [-0.4, -0.2) is 11.1 Å². The SMILES string of the molecule is CC1CCC(Cc2cccc(F)c2F)(C(=O)O)C1. The third-order valence-electron chi connectivity index (χ3n) is 3.87. The van der Waals surface area contributed by atoms with E-state index >= 15 is 0 Å². The van der Waals surface area contributed by atoms with Gasteiger partial charge in [-0.05, 0) is 43.2 Å². The van der Waals surface area contributed by atoms with Crippen molar-refractivity contribution in [3.8, 4) is 0 Å². The molecule has 2 atom stereocenters. The molecular formula is C14H16F2O2. The number of hydrogen-bond acceptors (Lipinski definition) is 1. The molecule has 1 aromatic carbocycles. The predicted octanol–water partition coefficient (Wildman–Crippen LogP) is 3.40. The first-order valence-electron chi connectivity index (χ1n) is 6.11. The minimum absolute atomic E-state index is 0.0657. The van der Waals surface area contributed by atoms with Crippen molar-refractivity contribution >= 4 is 5.97 Å². The zero-order chi connectivity index (χ0) is 13.3. The highest BCUT2D eigenvalue weighted by molar-refractivity contribution is 5.75. The maximum Gasteiger partial charge on any atom is 0.309 e. The van der Waals surface area contributed by atoms with Crippen molar-refractivity contribution in [2.75, 3.05) is 0 Å². The quantitative estimate of drug-likeness (QED) is 0.897. The van der Waals surface area contributed by atoms with Crippen LogP contribution >= 0.6 is 0 Å². The Hall–Kier alpha value is -1.45. The van der Waals surface area contributed by atoms with Crippen LogP contribution in [0.3, 0.4) is 0 Å². The van der Waals surface area contributed by atoms with Gasteiger partial charge in [0, 0.05) is 0 Å². The molecule has 2 nitrogen and oxygen atoms in total. The summed E-state index contributed by atoms with van der Waals surface area (Å²) in [6, 6.07) is 3.93. The summed E-state index contributed by atoms with van der Waals surface area (Å²) in [6.07, 6.45) is 1.94. The topological polar surface area (TPSA) is 37.3 Å². The van der Waals surface area contributed by atoms with Gasteiger partial charge in [0.25, 0.3) is 0 Å². The van der Waals surface area contributed by atoms with Gasteiger partial charge in [-0.25, -0.2) is 8.78 Å². The van der Waals surface area contributed by atoms with Crippen LogP contribution < -0.4 is 0 Å². The zero-order valence-electron chi connectivity index (χ0n) is 10.2. The van der Waals surface area contributed by atoms with E-state index in [1.165, 1.54) is 12.1 Å². The molecule has 1 aromatic rings. The highest BCUT2D eigenvalue weighted by atomic mass is 19.2. The molecular weight excluding hydrogens is 238 g/mol. The average Bonchev–Trinajstić information content (AvgIpc) is 2.68. The van der Waals surface area contributed by atoms with Crippen molar-refractivity contribution < 1.29 is 18.7 Å². The molecule has 0 spiro atoms. The van der Waals surface area contributed by atoms with E-state index in [-0.39, 0.29) is 12.0 Å².